The van der Waals surface area contributed by atoms with Crippen LogP contribution in [0.4, 0.5) is 0 Å². The molecular weight excluding hydrogens is 164 g/mol. The van der Waals surface area contributed by atoms with Crippen LogP contribution in [0.5, 0.6) is 0 Å². The highest BCUT2D eigenvalue weighted by Crippen LogP contribution is 2.51. The van der Waals surface area contributed by atoms with Gasteiger partial charge in [0.05, 0.1) is 6.10 Å². The maximum Gasteiger partial charge on any atom is 0.0569 e. The van der Waals surface area contributed by atoms with Gasteiger partial charge >= 0.3 is 0 Å². The molecular formula is C11H22O2. The predicted molar refractivity (Wildman–Crippen MR) is 53.6 cm³/mol. The van der Waals surface area contributed by atoms with Crippen molar-refractivity contribution in [2.75, 3.05) is 13.2 Å². The van der Waals surface area contributed by atoms with Gasteiger partial charge in [0.15, 0.2) is 0 Å². The van der Waals surface area contributed by atoms with E-state index in [2.05, 4.69) is 13.8 Å². The minimum atomic E-state index is -0.157. The van der Waals surface area contributed by atoms with Crippen molar-refractivity contribution in [3.05, 3.63) is 0 Å². The molecule has 0 aliphatic heterocycles. The Morgan fingerprint density at radius 1 is 1.31 bits per heavy atom. The van der Waals surface area contributed by atoms with Gasteiger partial charge in [-0.1, -0.05) is 13.8 Å². The third-order valence-corrected chi connectivity index (χ3v) is 2.97. The van der Waals surface area contributed by atoms with Crippen LogP contribution in [0.2, 0.25) is 0 Å². The van der Waals surface area contributed by atoms with E-state index in [-0.39, 0.29) is 11.5 Å². The summed E-state index contributed by atoms with van der Waals surface area (Å²) < 4.78 is 5.51. The molecule has 1 N–H and O–H groups in total. The molecule has 0 amide bonds. The molecule has 0 radical (unpaired) electrons. The van der Waals surface area contributed by atoms with E-state index in [1.807, 2.05) is 6.92 Å². The van der Waals surface area contributed by atoms with E-state index < -0.39 is 0 Å². The lowest BCUT2D eigenvalue weighted by Gasteiger charge is -2.18. The van der Waals surface area contributed by atoms with Gasteiger partial charge in [0.2, 0.25) is 0 Å². The SMILES string of the molecule is CC(C)COCCC1(C(C)O)CC1. The summed E-state index contributed by atoms with van der Waals surface area (Å²) in [5.41, 5.74) is 0.219. The second kappa shape index (κ2) is 4.43. The molecule has 13 heavy (non-hydrogen) atoms. The molecule has 0 aromatic carbocycles. The van der Waals surface area contributed by atoms with Crippen LogP contribution in [0, 0.1) is 11.3 Å². The molecule has 0 saturated heterocycles. The third kappa shape index (κ3) is 3.28. The maximum absolute atomic E-state index is 9.50. The van der Waals surface area contributed by atoms with Gasteiger partial charge in [0, 0.05) is 13.2 Å². The van der Waals surface area contributed by atoms with Crippen molar-refractivity contribution in [2.45, 2.75) is 46.1 Å². The fraction of sp³-hybridized carbons (Fsp3) is 1.00. The molecule has 1 aliphatic carbocycles. The van der Waals surface area contributed by atoms with Crippen molar-refractivity contribution >= 4 is 0 Å². The van der Waals surface area contributed by atoms with Gasteiger partial charge in [-0.15, -0.1) is 0 Å². The topological polar surface area (TPSA) is 29.5 Å². The van der Waals surface area contributed by atoms with Gasteiger partial charge < -0.3 is 9.84 Å². The van der Waals surface area contributed by atoms with Crippen LogP contribution in [-0.4, -0.2) is 24.4 Å². The van der Waals surface area contributed by atoms with Crippen molar-refractivity contribution in [1.82, 2.24) is 0 Å². The van der Waals surface area contributed by atoms with Gasteiger partial charge in [0.1, 0.15) is 0 Å². The normalized spacial score (nSPS) is 21.9. The van der Waals surface area contributed by atoms with Gasteiger partial charge in [0.25, 0.3) is 0 Å². The van der Waals surface area contributed by atoms with E-state index >= 15 is 0 Å². The molecule has 2 heteroatoms. The molecule has 1 atom stereocenters. The molecule has 1 rings (SSSR count). The van der Waals surface area contributed by atoms with Gasteiger partial charge in [-0.05, 0) is 37.5 Å². The standard InChI is InChI=1S/C11H22O2/c1-9(2)8-13-7-6-11(4-5-11)10(3)12/h9-10,12H,4-8H2,1-3H3. The lowest BCUT2D eigenvalue weighted by molar-refractivity contribution is 0.0542. The van der Waals surface area contributed by atoms with Gasteiger partial charge in [-0.2, -0.15) is 0 Å². The third-order valence-electron chi connectivity index (χ3n) is 2.97. The minimum absolute atomic E-state index is 0.157. The number of ether oxygens (including phenoxy) is 1. The highest BCUT2D eigenvalue weighted by atomic mass is 16.5. The fourth-order valence-electron chi connectivity index (χ4n) is 1.63. The molecule has 1 fully saturated rings. The maximum atomic E-state index is 9.50. The van der Waals surface area contributed by atoms with Crippen molar-refractivity contribution in [3.63, 3.8) is 0 Å². The van der Waals surface area contributed by atoms with E-state index in [1.54, 1.807) is 0 Å². The Labute approximate surface area is 81.3 Å². The molecule has 0 aromatic heterocycles. The Balaban J connectivity index is 2.06. The van der Waals surface area contributed by atoms with Crippen LogP contribution < -0.4 is 0 Å². The molecule has 1 unspecified atom stereocenters. The zero-order chi connectivity index (χ0) is 9.90. The second-order valence-electron chi connectivity index (χ2n) is 4.76. The first-order chi connectivity index (χ1) is 6.07. The fourth-order valence-corrected chi connectivity index (χ4v) is 1.63. The molecule has 0 spiro atoms. The van der Waals surface area contributed by atoms with Gasteiger partial charge in [-0.3, -0.25) is 0 Å². The van der Waals surface area contributed by atoms with Gasteiger partial charge in [-0.25, -0.2) is 0 Å². The number of hydrogen-bond donors (Lipinski definition) is 1. The van der Waals surface area contributed by atoms with Crippen LogP contribution in [0.1, 0.15) is 40.0 Å². The summed E-state index contributed by atoms with van der Waals surface area (Å²) in [5.74, 6) is 0.613. The summed E-state index contributed by atoms with van der Waals surface area (Å²) in [6.45, 7) is 7.86. The molecule has 2 nitrogen and oxygen atoms in total. The lowest BCUT2D eigenvalue weighted by atomic mass is 9.97. The summed E-state index contributed by atoms with van der Waals surface area (Å²) in [5, 5.41) is 9.50. The van der Waals surface area contributed by atoms with E-state index in [4.69, 9.17) is 4.74 Å². The average Bonchev–Trinajstić information content (AvgIpc) is 2.78. The van der Waals surface area contributed by atoms with E-state index in [0.29, 0.717) is 5.92 Å². The quantitative estimate of drug-likeness (QED) is 0.644. The summed E-state index contributed by atoms with van der Waals surface area (Å²) >= 11 is 0. The molecule has 0 heterocycles. The highest BCUT2D eigenvalue weighted by molar-refractivity contribution is 4.96. The van der Waals surface area contributed by atoms with E-state index in [9.17, 15) is 5.11 Å². The monoisotopic (exact) mass is 186 g/mol. The largest absolute Gasteiger partial charge is 0.393 e. The Bertz CT molecular complexity index is 148. The zero-order valence-corrected chi connectivity index (χ0v) is 9.05. The molecule has 0 bridgehead atoms. The smallest absolute Gasteiger partial charge is 0.0569 e. The van der Waals surface area contributed by atoms with Crippen molar-refractivity contribution in [2.24, 2.45) is 11.3 Å². The lowest BCUT2D eigenvalue weighted by Crippen LogP contribution is -2.20. The molecule has 1 aliphatic rings. The zero-order valence-electron chi connectivity index (χ0n) is 9.05. The number of aliphatic hydroxyl groups is 1. The van der Waals surface area contributed by atoms with Crippen molar-refractivity contribution < 1.29 is 9.84 Å². The summed E-state index contributed by atoms with van der Waals surface area (Å²) in [4.78, 5) is 0. The Kier molecular flexibility index (Phi) is 3.74. The number of hydrogen-bond acceptors (Lipinski definition) is 2. The Morgan fingerprint density at radius 2 is 1.92 bits per heavy atom. The molecule has 0 aromatic rings. The summed E-state index contributed by atoms with van der Waals surface area (Å²) in [6.07, 6.45) is 3.22. The first kappa shape index (κ1) is 11.0. The van der Waals surface area contributed by atoms with Crippen LogP contribution in [0.25, 0.3) is 0 Å². The minimum Gasteiger partial charge on any atom is -0.393 e. The highest BCUT2D eigenvalue weighted by Gasteiger charge is 2.46. The summed E-state index contributed by atoms with van der Waals surface area (Å²) in [7, 11) is 0. The average molecular weight is 186 g/mol. The molecule has 78 valence electrons. The van der Waals surface area contributed by atoms with E-state index in [0.717, 1.165) is 19.6 Å². The Morgan fingerprint density at radius 3 is 2.31 bits per heavy atom. The first-order valence-corrected chi connectivity index (χ1v) is 5.33. The Hall–Kier alpha value is -0.0800. The van der Waals surface area contributed by atoms with E-state index in [1.165, 1.54) is 12.8 Å². The van der Waals surface area contributed by atoms with Crippen molar-refractivity contribution in [1.29, 1.82) is 0 Å². The number of rotatable bonds is 6. The van der Waals surface area contributed by atoms with Crippen molar-refractivity contribution in [3.8, 4) is 0 Å². The molecule has 1 saturated carbocycles. The second-order valence-corrected chi connectivity index (χ2v) is 4.76. The van der Waals surface area contributed by atoms with Crippen LogP contribution in [-0.2, 0) is 4.74 Å². The van der Waals surface area contributed by atoms with Crippen LogP contribution in [0.3, 0.4) is 0 Å². The van der Waals surface area contributed by atoms with Crippen LogP contribution >= 0.6 is 0 Å². The first-order valence-electron chi connectivity index (χ1n) is 5.33. The predicted octanol–water partition coefficient (Wildman–Crippen LogP) is 2.21. The van der Waals surface area contributed by atoms with Crippen LogP contribution in [0.15, 0.2) is 0 Å². The summed E-state index contributed by atoms with van der Waals surface area (Å²) in [6, 6.07) is 0. The number of aliphatic hydroxyl groups excluding tert-OH is 1.